The average Bonchev–Trinajstić information content (AvgIpc) is 2.46. The zero-order valence-electron chi connectivity index (χ0n) is 11.4. The highest BCUT2D eigenvalue weighted by molar-refractivity contribution is 5.94. The second kappa shape index (κ2) is 6.91. The Labute approximate surface area is 118 Å². The molecule has 0 unspecified atom stereocenters. The van der Waals surface area contributed by atoms with Crippen LogP contribution in [0.4, 0.5) is 4.39 Å². The summed E-state index contributed by atoms with van der Waals surface area (Å²) in [6.07, 6.45) is 1.45. The van der Waals surface area contributed by atoms with E-state index in [4.69, 9.17) is 0 Å². The molecule has 0 amide bonds. The van der Waals surface area contributed by atoms with E-state index in [-0.39, 0.29) is 5.78 Å². The van der Waals surface area contributed by atoms with Crippen molar-refractivity contribution in [1.82, 2.24) is 9.88 Å². The van der Waals surface area contributed by atoms with E-state index in [0.29, 0.717) is 18.7 Å². The van der Waals surface area contributed by atoms with Gasteiger partial charge in [0.15, 0.2) is 5.78 Å². The van der Waals surface area contributed by atoms with Crippen LogP contribution in [-0.4, -0.2) is 29.3 Å². The van der Waals surface area contributed by atoms with Crippen LogP contribution >= 0.6 is 0 Å². The highest BCUT2D eigenvalue weighted by Crippen LogP contribution is 2.06. The fraction of sp³-hybridized carbons (Fsp3) is 0.250. The standard InChI is InChI=1S/C16H17FN2O/c1-19(12-13-5-3-2-4-6-13)10-9-16(20)15-8-7-14(17)11-18-15/h2-8,11H,9-10,12H2,1H3. The molecule has 0 spiro atoms. The molecule has 0 aliphatic carbocycles. The largest absolute Gasteiger partial charge is 0.302 e. The van der Waals surface area contributed by atoms with Gasteiger partial charge in [-0.3, -0.25) is 9.78 Å². The Morgan fingerprint density at radius 3 is 2.60 bits per heavy atom. The van der Waals surface area contributed by atoms with Crippen molar-refractivity contribution >= 4 is 5.78 Å². The van der Waals surface area contributed by atoms with Crippen LogP contribution in [0.5, 0.6) is 0 Å². The smallest absolute Gasteiger partial charge is 0.182 e. The quantitative estimate of drug-likeness (QED) is 0.758. The van der Waals surface area contributed by atoms with Crippen LogP contribution in [0.1, 0.15) is 22.5 Å². The molecule has 0 aliphatic rings. The Morgan fingerprint density at radius 1 is 1.20 bits per heavy atom. The maximum atomic E-state index is 12.7. The fourth-order valence-electron chi connectivity index (χ4n) is 1.94. The average molecular weight is 272 g/mol. The number of hydrogen-bond acceptors (Lipinski definition) is 3. The molecule has 0 saturated carbocycles. The number of nitrogens with zero attached hydrogens (tertiary/aromatic N) is 2. The molecule has 3 nitrogen and oxygen atoms in total. The Morgan fingerprint density at radius 2 is 1.95 bits per heavy atom. The maximum Gasteiger partial charge on any atom is 0.182 e. The van der Waals surface area contributed by atoms with Crippen molar-refractivity contribution in [1.29, 1.82) is 0 Å². The highest BCUT2D eigenvalue weighted by Gasteiger charge is 2.09. The summed E-state index contributed by atoms with van der Waals surface area (Å²) >= 11 is 0. The Bertz CT molecular complexity index is 554. The molecule has 2 rings (SSSR count). The second-order valence-electron chi connectivity index (χ2n) is 4.76. The predicted octanol–water partition coefficient (Wildman–Crippen LogP) is 2.93. The monoisotopic (exact) mass is 272 g/mol. The molecule has 1 aromatic heterocycles. The molecule has 2 aromatic rings. The minimum absolute atomic E-state index is 0.0649. The molecule has 0 aliphatic heterocycles. The van der Waals surface area contributed by atoms with E-state index in [0.717, 1.165) is 12.7 Å². The number of carbonyl (C=O) groups is 1. The van der Waals surface area contributed by atoms with Gasteiger partial charge >= 0.3 is 0 Å². The molecular formula is C16H17FN2O. The zero-order chi connectivity index (χ0) is 14.4. The molecule has 1 heterocycles. The summed E-state index contributed by atoms with van der Waals surface area (Å²) in [6, 6.07) is 12.8. The molecular weight excluding hydrogens is 255 g/mol. The summed E-state index contributed by atoms with van der Waals surface area (Å²) in [5.74, 6) is -0.493. The summed E-state index contributed by atoms with van der Waals surface area (Å²) in [5, 5.41) is 0. The van der Waals surface area contributed by atoms with Crippen LogP contribution in [0.25, 0.3) is 0 Å². The van der Waals surface area contributed by atoms with Gasteiger partial charge in [0, 0.05) is 19.5 Å². The molecule has 20 heavy (non-hydrogen) atoms. The minimum Gasteiger partial charge on any atom is -0.302 e. The van der Waals surface area contributed by atoms with Crippen LogP contribution in [0, 0.1) is 5.82 Å². The first-order valence-corrected chi connectivity index (χ1v) is 6.52. The molecule has 0 N–H and O–H groups in total. The number of aromatic nitrogens is 1. The van der Waals surface area contributed by atoms with E-state index < -0.39 is 5.82 Å². The number of ketones is 1. The molecule has 0 bridgehead atoms. The van der Waals surface area contributed by atoms with E-state index in [9.17, 15) is 9.18 Å². The van der Waals surface area contributed by atoms with Gasteiger partial charge in [-0.15, -0.1) is 0 Å². The van der Waals surface area contributed by atoms with E-state index in [1.807, 2.05) is 25.2 Å². The van der Waals surface area contributed by atoms with Crippen molar-refractivity contribution in [3.63, 3.8) is 0 Å². The molecule has 0 saturated heterocycles. The van der Waals surface area contributed by atoms with Gasteiger partial charge in [-0.2, -0.15) is 0 Å². The molecule has 0 fully saturated rings. The third-order valence-electron chi connectivity index (χ3n) is 3.03. The topological polar surface area (TPSA) is 33.2 Å². The van der Waals surface area contributed by atoms with Crippen molar-refractivity contribution in [2.24, 2.45) is 0 Å². The Balaban J connectivity index is 1.82. The lowest BCUT2D eigenvalue weighted by molar-refractivity contribution is 0.0963. The maximum absolute atomic E-state index is 12.7. The highest BCUT2D eigenvalue weighted by atomic mass is 19.1. The summed E-state index contributed by atoms with van der Waals surface area (Å²) in [4.78, 5) is 17.8. The number of halogens is 1. The summed E-state index contributed by atoms with van der Waals surface area (Å²) < 4.78 is 12.7. The summed E-state index contributed by atoms with van der Waals surface area (Å²) in [6.45, 7) is 1.44. The molecule has 4 heteroatoms. The lowest BCUT2D eigenvalue weighted by Crippen LogP contribution is -2.21. The van der Waals surface area contributed by atoms with Gasteiger partial charge in [0.1, 0.15) is 11.5 Å². The van der Waals surface area contributed by atoms with Gasteiger partial charge in [-0.1, -0.05) is 30.3 Å². The third-order valence-corrected chi connectivity index (χ3v) is 3.03. The first-order valence-electron chi connectivity index (χ1n) is 6.52. The predicted molar refractivity (Wildman–Crippen MR) is 75.9 cm³/mol. The van der Waals surface area contributed by atoms with Crippen LogP contribution in [-0.2, 0) is 6.54 Å². The van der Waals surface area contributed by atoms with Gasteiger partial charge in [0.25, 0.3) is 0 Å². The molecule has 0 radical (unpaired) electrons. The normalized spacial score (nSPS) is 10.8. The molecule has 104 valence electrons. The van der Waals surface area contributed by atoms with Crippen molar-refractivity contribution in [2.75, 3.05) is 13.6 Å². The lowest BCUT2D eigenvalue weighted by atomic mass is 10.1. The van der Waals surface area contributed by atoms with Crippen LogP contribution in [0.2, 0.25) is 0 Å². The van der Waals surface area contributed by atoms with Crippen LogP contribution < -0.4 is 0 Å². The van der Waals surface area contributed by atoms with E-state index in [1.54, 1.807) is 0 Å². The fourth-order valence-corrected chi connectivity index (χ4v) is 1.94. The summed E-state index contributed by atoms with van der Waals surface area (Å²) in [7, 11) is 1.97. The van der Waals surface area contributed by atoms with E-state index >= 15 is 0 Å². The minimum atomic E-state index is -0.428. The van der Waals surface area contributed by atoms with Gasteiger partial charge < -0.3 is 4.90 Å². The molecule has 0 atom stereocenters. The van der Waals surface area contributed by atoms with E-state index in [2.05, 4.69) is 22.0 Å². The number of benzene rings is 1. The molecule has 1 aromatic carbocycles. The van der Waals surface area contributed by atoms with Crippen molar-refractivity contribution in [3.8, 4) is 0 Å². The van der Waals surface area contributed by atoms with Gasteiger partial charge in [-0.05, 0) is 24.7 Å². The number of rotatable bonds is 6. The first kappa shape index (κ1) is 14.3. The number of carbonyl (C=O) groups excluding carboxylic acids is 1. The third kappa shape index (κ3) is 4.24. The number of Topliss-reactive ketones (excluding diaryl/α,β-unsaturated/α-hetero) is 1. The van der Waals surface area contributed by atoms with Crippen molar-refractivity contribution in [2.45, 2.75) is 13.0 Å². The number of pyridine rings is 1. The lowest BCUT2D eigenvalue weighted by Gasteiger charge is -2.15. The van der Waals surface area contributed by atoms with Gasteiger partial charge in [0.05, 0.1) is 6.20 Å². The van der Waals surface area contributed by atoms with E-state index in [1.165, 1.54) is 17.7 Å². The van der Waals surface area contributed by atoms with Gasteiger partial charge in [-0.25, -0.2) is 4.39 Å². The summed E-state index contributed by atoms with van der Waals surface area (Å²) in [5.41, 5.74) is 1.53. The van der Waals surface area contributed by atoms with Crippen LogP contribution in [0.15, 0.2) is 48.7 Å². The second-order valence-corrected chi connectivity index (χ2v) is 4.76. The van der Waals surface area contributed by atoms with Gasteiger partial charge in [0.2, 0.25) is 0 Å². The zero-order valence-corrected chi connectivity index (χ0v) is 11.4. The first-order chi connectivity index (χ1) is 9.65. The van der Waals surface area contributed by atoms with Crippen molar-refractivity contribution in [3.05, 3.63) is 65.7 Å². The SMILES string of the molecule is CN(CCC(=O)c1ccc(F)cn1)Cc1ccccc1. The van der Waals surface area contributed by atoms with Crippen molar-refractivity contribution < 1.29 is 9.18 Å². The Kier molecular flexibility index (Phi) is 4.96. The Hall–Kier alpha value is -2.07. The number of hydrogen-bond donors (Lipinski definition) is 0. The van der Waals surface area contributed by atoms with Crippen LogP contribution in [0.3, 0.4) is 0 Å².